The summed E-state index contributed by atoms with van der Waals surface area (Å²) in [6.45, 7) is 2.32. The van der Waals surface area contributed by atoms with Gasteiger partial charge in [-0.25, -0.2) is 4.39 Å². The van der Waals surface area contributed by atoms with Gasteiger partial charge in [0.05, 0.1) is 0 Å². The van der Waals surface area contributed by atoms with Gasteiger partial charge in [0.1, 0.15) is 11.6 Å². The van der Waals surface area contributed by atoms with Crippen LogP contribution in [0.15, 0.2) is 18.2 Å². The first-order chi connectivity index (χ1) is 8.16. The first-order valence-corrected chi connectivity index (χ1v) is 6.21. The Labute approximate surface area is 105 Å². The quantitative estimate of drug-likeness (QED) is 0.828. The van der Waals surface area contributed by atoms with Gasteiger partial charge in [0.25, 0.3) is 0 Å². The minimum atomic E-state index is -0.245. The average Bonchev–Trinajstić information content (AvgIpc) is 2.31. The molecule has 0 atom stereocenters. The van der Waals surface area contributed by atoms with E-state index in [9.17, 15) is 9.18 Å². The van der Waals surface area contributed by atoms with Crippen LogP contribution in [0.1, 0.15) is 18.4 Å². The van der Waals surface area contributed by atoms with Gasteiger partial charge >= 0.3 is 0 Å². The van der Waals surface area contributed by atoms with Crippen LogP contribution in [0.5, 0.6) is 0 Å². The van der Waals surface area contributed by atoms with E-state index in [4.69, 9.17) is 11.6 Å². The Morgan fingerprint density at radius 3 is 2.65 bits per heavy atom. The third-order valence-electron chi connectivity index (χ3n) is 3.15. The maximum Gasteiger partial charge on any atom is 0.135 e. The highest BCUT2D eigenvalue weighted by Gasteiger charge is 2.16. The molecule has 0 N–H and O–H groups in total. The SMILES string of the molecule is O=C1CCN(CCc2c(F)cccc2Cl)CC1. The fraction of sp³-hybridized carbons (Fsp3) is 0.462. The monoisotopic (exact) mass is 255 g/mol. The van der Waals surface area contributed by atoms with Crippen molar-refractivity contribution in [1.82, 2.24) is 4.90 Å². The standard InChI is InChI=1S/C13H15ClFNO/c14-12-2-1-3-13(15)11(12)6-9-16-7-4-10(17)5-8-16/h1-3H,4-9H2. The number of carbonyl (C=O) groups excluding carboxylic acids is 1. The molecule has 0 amide bonds. The fourth-order valence-electron chi connectivity index (χ4n) is 2.07. The molecule has 2 nitrogen and oxygen atoms in total. The fourth-order valence-corrected chi connectivity index (χ4v) is 2.32. The van der Waals surface area contributed by atoms with Crippen molar-refractivity contribution >= 4 is 17.4 Å². The zero-order valence-electron chi connectivity index (χ0n) is 9.59. The van der Waals surface area contributed by atoms with Crippen molar-refractivity contribution in [3.63, 3.8) is 0 Å². The molecule has 0 radical (unpaired) electrons. The number of likely N-dealkylation sites (tertiary alicyclic amines) is 1. The minimum absolute atomic E-state index is 0.245. The van der Waals surface area contributed by atoms with Gasteiger partial charge in [-0.2, -0.15) is 0 Å². The largest absolute Gasteiger partial charge is 0.302 e. The molecule has 1 aliphatic heterocycles. The van der Waals surface area contributed by atoms with Crippen LogP contribution in [0.2, 0.25) is 5.02 Å². The van der Waals surface area contributed by atoms with Crippen molar-refractivity contribution in [2.75, 3.05) is 19.6 Å². The molecule has 4 heteroatoms. The van der Waals surface area contributed by atoms with Crippen molar-refractivity contribution in [2.24, 2.45) is 0 Å². The molecule has 0 saturated carbocycles. The average molecular weight is 256 g/mol. The summed E-state index contributed by atoms with van der Waals surface area (Å²) in [5.41, 5.74) is 0.575. The molecule has 1 saturated heterocycles. The van der Waals surface area contributed by atoms with Gasteiger partial charge in [-0.05, 0) is 18.6 Å². The molecule has 1 aliphatic rings. The van der Waals surface area contributed by atoms with Crippen LogP contribution in [0.4, 0.5) is 4.39 Å². The molecule has 2 rings (SSSR count). The molecule has 17 heavy (non-hydrogen) atoms. The summed E-state index contributed by atoms with van der Waals surface area (Å²) in [6.07, 6.45) is 1.83. The first kappa shape index (κ1) is 12.5. The number of ketones is 1. The predicted molar refractivity (Wildman–Crippen MR) is 65.8 cm³/mol. The molecular formula is C13H15ClFNO. The lowest BCUT2D eigenvalue weighted by molar-refractivity contribution is -0.121. The van der Waals surface area contributed by atoms with Crippen LogP contribution in [-0.2, 0) is 11.2 Å². The molecule has 1 fully saturated rings. The van der Waals surface area contributed by atoms with E-state index < -0.39 is 0 Å². The van der Waals surface area contributed by atoms with Crippen molar-refractivity contribution in [2.45, 2.75) is 19.3 Å². The van der Waals surface area contributed by atoms with Crippen LogP contribution >= 0.6 is 11.6 Å². The topological polar surface area (TPSA) is 20.3 Å². The highest BCUT2D eigenvalue weighted by Crippen LogP contribution is 2.20. The van der Waals surface area contributed by atoms with Gasteiger partial charge in [-0.1, -0.05) is 17.7 Å². The molecular weight excluding hydrogens is 241 g/mol. The Balaban J connectivity index is 1.91. The minimum Gasteiger partial charge on any atom is -0.302 e. The number of halogens is 2. The number of benzene rings is 1. The normalized spacial score (nSPS) is 17.4. The van der Waals surface area contributed by atoms with E-state index in [2.05, 4.69) is 4.90 Å². The number of piperidine rings is 1. The van der Waals surface area contributed by atoms with E-state index in [1.807, 2.05) is 0 Å². The van der Waals surface area contributed by atoms with Crippen LogP contribution in [0, 0.1) is 5.82 Å². The third-order valence-corrected chi connectivity index (χ3v) is 3.51. The number of Topliss-reactive ketones (excluding diaryl/α,β-unsaturated/α-hetero) is 1. The Morgan fingerprint density at radius 1 is 1.29 bits per heavy atom. The van der Waals surface area contributed by atoms with Crippen LogP contribution in [0.25, 0.3) is 0 Å². The summed E-state index contributed by atoms with van der Waals surface area (Å²) in [7, 11) is 0. The molecule has 1 aromatic carbocycles. The molecule has 0 aromatic heterocycles. The summed E-state index contributed by atoms with van der Waals surface area (Å²) in [5, 5.41) is 0.484. The van der Waals surface area contributed by atoms with Crippen molar-refractivity contribution in [1.29, 1.82) is 0 Å². The van der Waals surface area contributed by atoms with Crippen LogP contribution in [0.3, 0.4) is 0 Å². The van der Waals surface area contributed by atoms with Gasteiger partial charge in [0, 0.05) is 43.1 Å². The Bertz CT molecular complexity index is 392. The summed E-state index contributed by atoms with van der Waals surface area (Å²) in [5.74, 6) is 0.0794. The summed E-state index contributed by atoms with van der Waals surface area (Å²) < 4.78 is 13.5. The summed E-state index contributed by atoms with van der Waals surface area (Å²) >= 11 is 5.96. The van der Waals surface area contributed by atoms with Crippen LogP contribution in [-0.4, -0.2) is 30.3 Å². The highest BCUT2D eigenvalue weighted by molar-refractivity contribution is 6.31. The summed E-state index contributed by atoms with van der Waals surface area (Å²) in [6, 6.07) is 4.75. The molecule has 1 heterocycles. The molecule has 0 bridgehead atoms. The van der Waals surface area contributed by atoms with Crippen molar-refractivity contribution in [3.8, 4) is 0 Å². The third kappa shape index (κ3) is 3.27. The molecule has 0 unspecified atom stereocenters. The van der Waals surface area contributed by atoms with Gasteiger partial charge in [-0.15, -0.1) is 0 Å². The number of nitrogens with zero attached hydrogens (tertiary/aromatic N) is 1. The maximum atomic E-state index is 13.5. The number of hydrogen-bond donors (Lipinski definition) is 0. The van der Waals surface area contributed by atoms with E-state index >= 15 is 0 Å². The lowest BCUT2D eigenvalue weighted by atomic mass is 10.1. The van der Waals surface area contributed by atoms with Gasteiger partial charge in [-0.3, -0.25) is 4.79 Å². The Hall–Kier alpha value is -0.930. The maximum absolute atomic E-state index is 13.5. The van der Waals surface area contributed by atoms with Crippen molar-refractivity contribution < 1.29 is 9.18 Å². The smallest absolute Gasteiger partial charge is 0.135 e. The van der Waals surface area contributed by atoms with E-state index in [0.29, 0.717) is 35.6 Å². The lowest BCUT2D eigenvalue weighted by Crippen LogP contribution is -2.35. The van der Waals surface area contributed by atoms with Gasteiger partial charge < -0.3 is 4.90 Å². The molecule has 0 spiro atoms. The van der Waals surface area contributed by atoms with Crippen LogP contribution < -0.4 is 0 Å². The van der Waals surface area contributed by atoms with E-state index in [0.717, 1.165) is 19.6 Å². The lowest BCUT2D eigenvalue weighted by Gasteiger charge is -2.25. The van der Waals surface area contributed by atoms with E-state index in [1.165, 1.54) is 6.07 Å². The van der Waals surface area contributed by atoms with E-state index in [1.54, 1.807) is 12.1 Å². The zero-order valence-corrected chi connectivity index (χ0v) is 10.3. The number of carbonyl (C=O) groups is 1. The van der Waals surface area contributed by atoms with Gasteiger partial charge in [0.2, 0.25) is 0 Å². The second kappa shape index (κ2) is 5.61. The zero-order chi connectivity index (χ0) is 12.3. The number of hydrogen-bond acceptors (Lipinski definition) is 2. The Morgan fingerprint density at radius 2 is 2.00 bits per heavy atom. The second-order valence-electron chi connectivity index (χ2n) is 4.33. The van der Waals surface area contributed by atoms with Crippen molar-refractivity contribution in [3.05, 3.63) is 34.6 Å². The van der Waals surface area contributed by atoms with Gasteiger partial charge in [0.15, 0.2) is 0 Å². The molecule has 0 aliphatic carbocycles. The molecule has 92 valence electrons. The highest BCUT2D eigenvalue weighted by atomic mass is 35.5. The first-order valence-electron chi connectivity index (χ1n) is 5.84. The second-order valence-corrected chi connectivity index (χ2v) is 4.74. The molecule has 1 aromatic rings. The predicted octanol–water partition coefficient (Wildman–Crippen LogP) is 2.69. The van der Waals surface area contributed by atoms with E-state index in [-0.39, 0.29) is 5.82 Å². The Kier molecular flexibility index (Phi) is 4.13. The number of rotatable bonds is 3. The summed E-state index contributed by atoms with van der Waals surface area (Å²) in [4.78, 5) is 13.3.